The van der Waals surface area contributed by atoms with E-state index in [9.17, 15) is 5.11 Å². The first kappa shape index (κ1) is 9.46. The van der Waals surface area contributed by atoms with E-state index in [1.807, 2.05) is 11.4 Å². The molecule has 1 N–H and O–H groups in total. The van der Waals surface area contributed by atoms with E-state index < -0.39 is 5.60 Å². The number of aliphatic hydroxyl groups is 1. The number of ether oxygens (including phenoxy) is 1. The Kier molecular flexibility index (Phi) is 2.36. The Balaban J connectivity index is 2.15. The van der Waals surface area contributed by atoms with Gasteiger partial charge in [-0.2, -0.15) is 0 Å². The van der Waals surface area contributed by atoms with Crippen molar-refractivity contribution in [3.63, 3.8) is 0 Å². The van der Waals surface area contributed by atoms with Crippen LogP contribution in [0.15, 0.2) is 11.4 Å². The predicted molar refractivity (Wildman–Crippen MR) is 53.3 cm³/mol. The van der Waals surface area contributed by atoms with E-state index in [0.717, 1.165) is 5.56 Å². The van der Waals surface area contributed by atoms with E-state index in [1.165, 1.54) is 11.3 Å². The molecule has 0 spiro atoms. The van der Waals surface area contributed by atoms with Crippen LogP contribution >= 0.6 is 22.9 Å². The van der Waals surface area contributed by atoms with Crippen LogP contribution in [0.5, 0.6) is 0 Å². The molecule has 2 nitrogen and oxygen atoms in total. The van der Waals surface area contributed by atoms with Crippen LogP contribution in [0.4, 0.5) is 0 Å². The number of hydrogen-bond acceptors (Lipinski definition) is 3. The van der Waals surface area contributed by atoms with Gasteiger partial charge in [-0.15, -0.1) is 11.3 Å². The first-order valence-corrected chi connectivity index (χ1v) is 5.40. The molecule has 1 fully saturated rings. The van der Waals surface area contributed by atoms with Crippen molar-refractivity contribution in [1.82, 2.24) is 0 Å². The maximum atomic E-state index is 10.1. The molecule has 0 bridgehead atoms. The average molecular weight is 219 g/mol. The number of halogens is 1. The second-order valence-electron chi connectivity index (χ2n) is 3.41. The Hall–Kier alpha value is -0.0900. The summed E-state index contributed by atoms with van der Waals surface area (Å²) in [5, 5.41) is 12.0. The van der Waals surface area contributed by atoms with Crippen LogP contribution < -0.4 is 0 Å². The molecule has 4 heteroatoms. The first-order chi connectivity index (χ1) is 6.15. The Morgan fingerprint density at radius 3 is 2.85 bits per heavy atom. The van der Waals surface area contributed by atoms with Gasteiger partial charge in [0.25, 0.3) is 0 Å². The van der Waals surface area contributed by atoms with Crippen LogP contribution in [-0.4, -0.2) is 18.3 Å². The average Bonchev–Trinajstić information content (AvgIpc) is 2.46. The summed E-state index contributed by atoms with van der Waals surface area (Å²) >= 11 is 7.40. The zero-order valence-electron chi connectivity index (χ0n) is 7.29. The molecule has 0 unspecified atom stereocenters. The monoisotopic (exact) mass is 218 g/mol. The Morgan fingerprint density at radius 1 is 1.69 bits per heavy atom. The molecule has 0 saturated heterocycles. The van der Waals surface area contributed by atoms with E-state index >= 15 is 0 Å². The second kappa shape index (κ2) is 3.24. The van der Waals surface area contributed by atoms with Gasteiger partial charge in [0, 0.05) is 25.5 Å². The lowest BCUT2D eigenvalue weighted by Gasteiger charge is -2.42. The van der Waals surface area contributed by atoms with Crippen molar-refractivity contribution in [3.05, 3.63) is 21.3 Å². The molecule has 13 heavy (non-hydrogen) atoms. The molecule has 1 aromatic rings. The van der Waals surface area contributed by atoms with E-state index in [1.54, 1.807) is 7.11 Å². The lowest BCUT2D eigenvalue weighted by molar-refractivity contribution is -0.132. The summed E-state index contributed by atoms with van der Waals surface area (Å²) in [5.41, 5.74) is 0.116. The molecule has 0 aliphatic heterocycles. The second-order valence-corrected chi connectivity index (χ2v) is 4.92. The third kappa shape index (κ3) is 1.50. The Bertz CT molecular complexity index is 304. The summed E-state index contributed by atoms with van der Waals surface area (Å²) in [6.45, 7) is 0. The van der Waals surface area contributed by atoms with Gasteiger partial charge < -0.3 is 9.84 Å². The van der Waals surface area contributed by atoms with E-state index in [0.29, 0.717) is 17.2 Å². The summed E-state index contributed by atoms with van der Waals surface area (Å²) in [5.74, 6) is 0. The molecule has 1 aliphatic carbocycles. The Labute approximate surface area is 86.1 Å². The van der Waals surface area contributed by atoms with Gasteiger partial charge in [0.2, 0.25) is 0 Å². The van der Waals surface area contributed by atoms with Gasteiger partial charge >= 0.3 is 0 Å². The van der Waals surface area contributed by atoms with Gasteiger partial charge in [0.05, 0.1) is 16.0 Å². The van der Waals surface area contributed by atoms with Crippen molar-refractivity contribution >= 4 is 22.9 Å². The fraction of sp³-hybridized carbons (Fsp3) is 0.556. The van der Waals surface area contributed by atoms with Crippen LogP contribution in [0.2, 0.25) is 4.34 Å². The molecule has 1 aromatic heterocycles. The van der Waals surface area contributed by atoms with E-state index in [2.05, 4.69) is 0 Å². The highest BCUT2D eigenvalue weighted by Crippen LogP contribution is 2.46. The third-order valence-corrected chi connectivity index (χ3v) is 3.75. The molecule has 0 radical (unpaired) electrons. The highest BCUT2D eigenvalue weighted by Gasteiger charge is 2.45. The van der Waals surface area contributed by atoms with Gasteiger partial charge in [-0.25, -0.2) is 0 Å². The minimum absolute atomic E-state index is 0.181. The topological polar surface area (TPSA) is 29.5 Å². The maximum absolute atomic E-state index is 10.1. The van der Waals surface area contributed by atoms with Gasteiger partial charge in [-0.3, -0.25) is 0 Å². The number of rotatable bonds is 2. The van der Waals surface area contributed by atoms with E-state index in [-0.39, 0.29) is 6.10 Å². The van der Waals surface area contributed by atoms with Crippen molar-refractivity contribution in [2.24, 2.45) is 0 Å². The molecule has 1 aliphatic rings. The van der Waals surface area contributed by atoms with Gasteiger partial charge in [-0.1, -0.05) is 11.6 Å². The lowest BCUT2D eigenvalue weighted by Crippen LogP contribution is -2.45. The fourth-order valence-corrected chi connectivity index (χ4v) is 2.81. The van der Waals surface area contributed by atoms with E-state index in [4.69, 9.17) is 16.3 Å². The number of hydrogen-bond donors (Lipinski definition) is 1. The summed E-state index contributed by atoms with van der Waals surface area (Å²) in [7, 11) is 1.67. The molecule has 72 valence electrons. The third-order valence-electron chi connectivity index (χ3n) is 2.58. The molecule has 1 saturated carbocycles. The standard InChI is InChI=1S/C9H11ClO2S/c1-12-6-4-9(11,5-6)7-2-3-13-8(7)10/h2-3,6,11H,4-5H2,1H3. The Morgan fingerprint density at radius 2 is 2.38 bits per heavy atom. The maximum Gasteiger partial charge on any atom is 0.0989 e. The molecule has 2 rings (SSSR count). The van der Waals surface area contributed by atoms with Gasteiger partial charge in [0.15, 0.2) is 0 Å². The smallest absolute Gasteiger partial charge is 0.0989 e. The van der Waals surface area contributed by atoms with Crippen LogP contribution in [0.1, 0.15) is 18.4 Å². The molecule has 0 atom stereocenters. The number of methoxy groups -OCH3 is 1. The summed E-state index contributed by atoms with van der Waals surface area (Å²) in [6, 6.07) is 1.89. The van der Waals surface area contributed by atoms with Crippen LogP contribution in [0, 0.1) is 0 Å². The zero-order valence-corrected chi connectivity index (χ0v) is 8.86. The fourth-order valence-electron chi connectivity index (χ4n) is 1.71. The first-order valence-electron chi connectivity index (χ1n) is 4.14. The quantitative estimate of drug-likeness (QED) is 0.826. The van der Waals surface area contributed by atoms with Crippen molar-refractivity contribution in [2.75, 3.05) is 7.11 Å². The summed E-state index contributed by atoms with van der Waals surface area (Å²) < 4.78 is 5.81. The molecule has 0 aromatic carbocycles. The van der Waals surface area contributed by atoms with Crippen molar-refractivity contribution in [3.8, 4) is 0 Å². The zero-order chi connectivity index (χ0) is 9.47. The minimum atomic E-state index is -0.738. The van der Waals surface area contributed by atoms with Crippen LogP contribution in [0.25, 0.3) is 0 Å². The van der Waals surface area contributed by atoms with Crippen molar-refractivity contribution in [2.45, 2.75) is 24.5 Å². The molecule has 1 heterocycles. The summed E-state index contributed by atoms with van der Waals surface area (Å²) in [6.07, 6.45) is 1.49. The number of thiophene rings is 1. The highest BCUT2D eigenvalue weighted by molar-refractivity contribution is 7.14. The summed E-state index contributed by atoms with van der Waals surface area (Å²) in [4.78, 5) is 0. The van der Waals surface area contributed by atoms with Crippen LogP contribution in [0.3, 0.4) is 0 Å². The normalized spacial score (nSPS) is 33.0. The molecule has 0 amide bonds. The molecular formula is C9H11ClO2S. The highest BCUT2D eigenvalue weighted by atomic mass is 35.5. The predicted octanol–water partition coefficient (Wildman–Crippen LogP) is 2.40. The van der Waals surface area contributed by atoms with Crippen molar-refractivity contribution in [1.29, 1.82) is 0 Å². The SMILES string of the molecule is COC1CC(O)(c2ccsc2Cl)C1. The minimum Gasteiger partial charge on any atom is -0.385 e. The molecular weight excluding hydrogens is 208 g/mol. The lowest BCUT2D eigenvalue weighted by atomic mass is 9.74. The van der Waals surface area contributed by atoms with Crippen LogP contribution in [-0.2, 0) is 10.3 Å². The van der Waals surface area contributed by atoms with Gasteiger partial charge in [0.1, 0.15) is 0 Å². The largest absolute Gasteiger partial charge is 0.385 e. The van der Waals surface area contributed by atoms with Crippen molar-refractivity contribution < 1.29 is 9.84 Å². The van der Waals surface area contributed by atoms with Gasteiger partial charge in [-0.05, 0) is 11.4 Å².